The van der Waals surface area contributed by atoms with Gasteiger partial charge in [-0.05, 0) is 30.9 Å². The van der Waals surface area contributed by atoms with Crippen molar-refractivity contribution >= 4 is 11.5 Å². The minimum Gasteiger partial charge on any atom is -0.360 e. The van der Waals surface area contributed by atoms with Crippen molar-refractivity contribution in [1.82, 2.24) is 14.4 Å². The first kappa shape index (κ1) is 11.5. The van der Waals surface area contributed by atoms with Crippen LogP contribution in [0, 0.1) is 6.92 Å². The molecule has 100 valence electrons. The van der Waals surface area contributed by atoms with Crippen LogP contribution in [0.2, 0.25) is 0 Å². The van der Waals surface area contributed by atoms with Gasteiger partial charge in [-0.25, -0.2) is 9.97 Å². The van der Waals surface area contributed by atoms with Crippen LogP contribution in [-0.4, -0.2) is 14.4 Å². The highest BCUT2D eigenvalue weighted by atomic mass is 15.1. The predicted molar refractivity (Wildman–Crippen MR) is 78.9 cm³/mol. The zero-order valence-electron chi connectivity index (χ0n) is 11.4. The van der Waals surface area contributed by atoms with Crippen molar-refractivity contribution in [3.8, 4) is 0 Å². The fourth-order valence-corrected chi connectivity index (χ4v) is 3.02. The molecule has 1 N–H and O–H groups in total. The van der Waals surface area contributed by atoms with Crippen molar-refractivity contribution in [2.45, 2.75) is 25.8 Å². The van der Waals surface area contributed by atoms with E-state index in [1.807, 2.05) is 29.9 Å². The number of fused-ring (bicyclic) bond motifs is 2. The summed E-state index contributed by atoms with van der Waals surface area (Å²) in [5, 5.41) is 3.56. The summed E-state index contributed by atoms with van der Waals surface area (Å²) >= 11 is 0. The SMILES string of the molecule is Cc1cn2ccnc(NC3CCc4ccccc43)c2n1. The van der Waals surface area contributed by atoms with Gasteiger partial charge in [0.1, 0.15) is 0 Å². The number of aryl methyl sites for hydroxylation is 2. The van der Waals surface area contributed by atoms with E-state index < -0.39 is 0 Å². The van der Waals surface area contributed by atoms with Crippen molar-refractivity contribution in [3.05, 3.63) is 59.7 Å². The lowest BCUT2D eigenvalue weighted by Crippen LogP contribution is -2.09. The minimum atomic E-state index is 0.335. The van der Waals surface area contributed by atoms with E-state index in [1.54, 1.807) is 0 Å². The number of anilines is 1. The van der Waals surface area contributed by atoms with Gasteiger partial charge >= 0.3 is 0 Å². The number of aromatic nitrogens is 3. The van der Waals surface area contributed by atoms with Crippen LogP contribution in [0.1, 0.15) is 29.3 Å². The Balaban J connectivity index is 1.72. The van der Waals surface area contributed by atoms with Crippen molar-refractivity contribution < 1.29 is 0 Å². The van der Waals surface area contributed by atoms with Gasteiger partial charge in [0.2, 0.25) is 0 Å². The molecule has 0 amide bonds. The Morgan fingerprint density at radius 3 is 3.15 bits per heavy atom. The van der Waals surface area contributed by atoms with Crippen LogP contribution in [0.15, 0.2) is 42.9 Å². The molecular formula is C16H16N4. The van der Waals surface area contributed by atoms with Crippen LogP contribution in [-0.2, 0) is 6.42 Å². The summed E-state index contributed by atoms with van der Waals surface area (Å²) in [6, 6.07) is 8.97. The second kappa shape index (κ2) is 4.34. The minimum absolute atomic E-state index is 0.335. The fourth-order valence-electron chi connectivity index (χ4n) is 3.02. The molecule has 1 aliphatic rings. The molecule has 1 aliphatic carbocycles. The third-order valence-electron chi connectivity index (χ3n) is 3.94. The lowest BCUT2D eigenvalue weighted by molar-refractivity contribution is 0.757. The molecule has 3 aromatic rings. The number of imidazole rings is 1. The maximum atomic E-state index is 4.55. The van der Waals surface area contributed by atoms with Crippen LogP contribution >= 0.6 is 0 Å². The first-order valence-electron chi connectivity index (χ1n) is 6.96. The molecule has 4 heteroatoms. The van der Waals surface area contributed by atoms with Gasteiger partial charge in [0.15, 0.2) is 11.5 Å². The molecule has 4 rings (SSSR count). The zero-order valence-corrected chi connectivity index (χ0v) is 11.4. The summed E-state index contributed by atoms with van der Waals surface area (Å²) in [5.41, 5.74) is 4.73. The second-order valence-electron chi connectivity index (χ2n) is 5.32. The molecule has 20 heavy (non-hydrogen) atoms. The van der Waals surface area contributed by atoms with E-state index in [-0.39, 0.29) is 0 Å². The Bertz CT molecular complexity index is 775. The average molecular weight is 264 g/mol. The maximum absolute atomic E-state index is 4.55. The Morgan fingerprint density at radius 1 is 1.30 bits per heavy atom. The highest BCUT2D eigenvalue weighted by molar-refractivity contribution is 5.64. The summed E-state index contributed by atoms with van der Waals surface area (Å²) in [7, 11) is 0. The van der Waals surface area contributed by atoms with Crippen LogP contribution in [0.25, 0.3) is 5.65 Å². The van der Waals surface area contributed by atoms with Gasteiger partial charge < -0.3 is 9.72 Å². The molecule has 1 atom stereocenters. The van der Waals surface area contributed by atoms with E-state index in [1.165, 1.54) is 11.1 Å². The number of hydrogen-bond donors (Lipinski definition) is 1. The third-order valence-corrected chi connectivity index (χ3v) is 3.94. The molecule has 2 aromatic heterocycles. The van der Waals surface area contributed by atoms with E-state index >= 15 is 0 Å². The summed E-state index contributed by atoms with van der Waals surface area (Å²) < 4.78 is 2.02. The molecule has 2 heterocycles. The topological polar surface area (TPSA) is 42.2 Å². The largest absolute Gasteiger partial charge is 0.360 e. The zero-order chi connectivity index (χ0) is 13.5. The lowest BCUT2D eigenvalue weighted by Gasteiger charge is -2.15. The van der Waals surface area contributed by atoms with E-state index in [2.05, 4.69) is 39.6 Å². The Hall–Kier alpha value is -2.36. The first-order chi connectivity index (χ1) is 9.81. The second-order valence-corrected chi connectivity index (χ2v) is 5.32. The molecular weight excluding hydrogens is 248 g/mol. The summed E-state index contributed by atoms with van der Waals surface area (Å²) in [6.07, 6.45) is 8.01. The highest BCUT2D eigenvalue weighted by Gasteiger charge is 2.22. The van der Waals surface area contributed by atoms with Gasteiger partial charge in [-0.1, -0.05) is 24.3 Å². The normalized spacial score (nSPS) is 17.4. The third kappa shape index (κ3) is 1.76. The number of nitrogens with zero attached hydrogens (tertiary/aromatic N) is 3. The van der Waals surface area contributed by atoms with Gasteiger partial charge in [-0.2, -0.15) is 0 Å². The molecule has 0 aliphatic heterocycles. The molecule has 4 nitrogen and oxygen atoms in total. The standard InChI is InChI=1S/C16H16N4/c1-11-10-20-9-8-17-15(16(20)18-11)19-14-7-6-12-4-2-3-5-13(12)14/h2-5,8-10,14H,6-7H2,1H3,(H,17,19). The van der Waals surface area contributed by atoms with Crippen LogP contribution in [0.4, 0.5) is 5.82 Å². The number of rotatable bonds is 2. The van der Waals surface area contributed by atoms with Crippen molar-refractivity contribution in [3.63, 3.8) is 0 Å². The Morgan fingerprint density at radius 2 is 2.20 bits per heavy atom. The molecule has 0 saturated carbocycles. The van der Waals surface area contributed by atoms with Crippen LogP contribution in [0.3, 0.4) is 0 Å². The molecule has 1 unspecified atom stereocenters. The molecule has 0 fully saturated rings. The Labute approximate surface area is 117 Å². The van der Waals surface area contributed by atoms with E-state index in [0.717, 1.165) is 30.0 Å². The quantitative estimate of drug-likeness (QED) is 0.773. The van der Waals surface area contributed by atoms with Crippen molar-refractivity contribution in [2.24, 2.45) is 0 Å². The number of hydrogen-bond acceptors (Lipinski definition) is 3. The first-order valence-corrected chi connectivity index (χ1v) is 6.96. The summed E-state index contributed by atoms with van der Waals surface area (Å²) in [6.45, 7) is 2.00. The maximum Gasteiger partial charge on any atom is 0.180 e. The molecule has 1 aromatic carbocycles. The predicted octanol–water partition coefficient (Wildman–Crippen LogP) is 3.14. The lowest BCUT2D eigenvalue weighted by atomic mass is 10.1. The summed E-state index contributed by atoms with van der Waals surface area (Å²) in [4.78, 5) is 9.01. The summed E-state index contributed by atoms with van der Waals surface area (Å²) in [5.74, 6) is 0.863. The van der Waals surface area contributed by atoms with Gasteiger partial charge in [-0.15, -0.1) is 0 Å². The van der Waals surface area contributed by atoms with E-state index in [4.69, 9.17) is 0 Å². The van der Waals surface area contributed by atoms with E-state index in [0.29, 0.717) is 6.04 Å². The smallest absolute Gasteiger partial charge is 0.180 e. The van der Waals surface area contributed by atoms with Gasteiger partial charge in [0.25, 0.3) is 0 Å². The van der Waals surface area contributed by atoms with Crippen LogP contribution < -0.4 is 5.32 Å². The average Bonchev–Trinajstić information content (AvgIpc) is 3.03. The van der Waals surface area contributed by atoms with Gasteiger partial charge in [0, 0.05) is 18.6 Å². The fraction of sp³-hybridized carbons (Fsp3) is 0.250. The molecule has 0 saturated heterocycles. The monoisotopic (exact) mass is 264 g/mol. The van der Waals surface area contributed by atoms with Crippen molar-refractivity contribution in [2.75, 3.05) is 5.32 Å². The highest BCUT2D eigenvalue weighted by Crippen LogP contribution is 2.33. The van der Waals surface area contributed by atoms with E-state index in [9.17, 15) is 0 Å². The van der Waals surface area contributed by atoms with Gasteiger partial charge in [-0.3, -0.25) is 0 Å². The molecule has 0 spiro atoms. The van der Waals surface area contributed by atoms with Crippen LogP contribution in [0.5, 0.6) is 0 Å². The van der Waals surface area contributed by atoms with Gasteiger partial charge in [0.05, 0.1) is 11.7 Å². The molecule has 0 bridgehead atoms. The number of benzene rings is 1. The molecule has 0 radical (unpaired) electrons. The van der Waals surface area contributed by atoms with Crippen molar-refractivity contribution in [1.29, 1.82) is 0 Å². The Kier molecular flexibility index (Phi) is 2.49. The number of nitrogens with one attached hydrogen (secondary N) is 1.